The van der Waals surface area contributed by atoms with Gasteiger partial charge in [0.25, 0.3) is 0 Å². The lowest BCUT2D eigenvalue weighted by Crippen LogP contribution is -2.61. The van der Waals surface area contributed by atoms with Crippen LogP contribution in [0.25, 0.3) is 0 Å². The lowest BCUT2D eigenvalue weighted by molar-refractivity contribution is -0.143. The number of primary amides is 1. The van der Waals surface area contributed by atoms with E-state index in [1.165, 1.54) is 20.8 Å². The predicted molar refractivity (Wildman–Crippen MR) is 184 cm³/mol. The standard InChI is InChI=1S/C31H50N8O16/c1-12(2)23(31(54)55)38-25(48)13(3)34-30(53)24(14(4)40)39-28(51)17(7-10-21(44)45)35-27(50)16(6-8-19(33)41)36-29(52)18(11-22(46)47)37-26(49)15(32)5-9-20(42)43/h12-18,23-24,40H,5-11,32H2,1-4H3,(H2,33,41)(H,34,53)(H,35,50)(H,36,52)(H,37,49)(H,38,48)(H,39,51)(H,42,43)(H,44,45)(H,46,47)(H,54,55)/t13-,14+,15-,16-,17-,18-,23-,24-/m0/s1. The van der Waals surface area contributed by atoms with E-state index < -0.39 is 158 Å². The molecule has 0 radical (unpaired) electrons. The van der Waals surface area contributed by atoms with Crippen molar-refractivity contribution in [3.8, 4) is 0 Å². The molecule has 7 amide bonds. The first-order valence-electron chi connectivity index (χ1n) is 16.8. The van der Waals surface area contributed by atoms with Gasteiger partial charge in [-0.05, 0) is 39.0 Å². The number of amides is 7. The molecule has 0 aromatic carbocycles. The molecule has 0 saturated carbocycles. The topological polar surface area (TPSA) is 413 Å². The van der Waals surface area contributed by atoms with E-state index in [0.29, 0.717) is 0 Å². The minimum Gasteiger partial charge on any atom is -0.481 e. The molecule has 0 rings (SSSR count). The van der Waals surface area contributed by atoms with Crippen LogP contribution in [0.2, 0.25) is 0 Å². The van der Waals surface area contributed by atoms with Gasteiger partial charge < -0.3 is 68.9 Å². The number of hydrogen-bond donors (Lipinski definition) is 13. The van der Waals surface area contributed by atoms with E-state index in [-0.39, 0.29) is 6.42 Å². The molecule has 0 saturated heterocycles. The van der Waals surface area contributed by atoms with Crippen molar-refractivity contribution < 1.29 is 78.3 Å². The molecule has 0 unspecified atom stereocenters. The maximum absolute atomic E-state index is 13.4. The molecule has 0 fully saturated rings. The van der Waals surface area contributed by atoms with Crippen LogP contribution < -0.4 is 43.4 Å². The Kier molecular flexibility index (Phi) is 21.1. The van der Waals surface area contributed by atoms with Gasteiger partial charge in [0, 0.05) is 19.3 Å². The second kappa shape index (κ2) is 23.7. The Balaban J connectivity index is 6.22. The fourth-order valence-electron chi connectivity index (χ4n) is 4.53. The van der Waals surface area contributed by atoms with Crippen molar-refractivity contribution in [2.24, 2.45) is 17.4 Å². The van der Waals surface area contributed by atoms with Crippen molar-refractivity contribution in [1.82, 2.24) is 31.9 Å². The number of rotatable bonds is 26. The van der Waals surface area contributed by atoms with Crippen LogP contribution >= 0.6 is 0 Å². The normalized spacial score (nSPS) is 15.3. The summed E-state index contributed by atoms with van der Waals surface area (Å²) in [5.41, 5.74) is 10.8. The van der Waals surface area contributed by atoms with Gasteiger partial charge in [-0.25, -0.2) is 4.79 Å². The van der Waals surface area contributed by atoms with Crippen molar-refractivity contribution >= 4 is 65.2 Å². The molecular formula is C31H50N8O16. The molecule has 0 aliphatic heterocycles. The van der Waals surface area contributed by atoms with E-state index in [0.717, 1.165) is 6.92 Å². The second-order valence-corrected chi connectivity index (χ2v) is 12.8. The van der Waals surface area contributed by atoms with Gasteiger partial charge in [0.1, 0.15) is 36.3 Å². The molecule has 0 aliphatic rings. The number of carboxylic acid groups (broad SMARTS) is 4. The monoisotopic (exact) mass is 790 g/mol. The second-order valence-electron chi connectivity index (χ2n) is 12.8. The first-order valence-corrected chi connectivity index (χ1v) is 16.8. The lowest BCUT2D eigenvalue weighted by Gasteiger charge is -2.28. The third kappa shape index (κ3) is 19.1. The van der Waals surface area contributed by atoms with Crippen molar-refractivity contribution in [1.29, 1.82) is 0 Å². The highest BCUT2D eigenvalue weighted by atomic mass is 16.4. The first-order chi connectivity index (χ1) is 25.4. The zero-order valence-electron chi connectivity index (χ0n) is 30.5. The van der Waals surface area contributed by atoms with E-state index in [1.54, 1.807) is 0 Å². The van der Waals surface area contributed by atoms with Gasteiger partial charge in [-0.2, -0.15) is 0 Å². The van der Waals surface area contributed by atoms with E-state index in [1.807, 2.05) is 5.32 Å². The summed E-state index contributed by atoms with van der Waals surface area (Å²) < 4.78 is 0. The SMILES string of the molecule is CC(C)[C@H](NC(=O)[C@H](C)NC(=O)[C@@H](NC(=O)[C@H](CCC(=O)O)NC(=O)[C@H](CCC(N)=O)NC(=O)[C@H](CC(=O)O)NC(=O)[C@@H](N)CCC(=O)O)[C@@H](C)O)C(=O)O. The maximum atomic E-state index is 13.4. The van der Waals surface area contributed by atoms with Crippen LogP contribution in [0.5, 0.6) is 0 Å². The van der Waals surface area contributed by atoms with Gasteiger partial charge in [0.05, 0.1) is 18.6 Å². The number of hydrogen-bond acceptors (Lipinski definition) is 13. The highest BCUT2D eigenvalue weighted by Gasteiger charge is 2.35. The molecule has 0 heterocycles. The minimum absolute atomic E-state index is 0.385. The van der Waals surface area contributed by atoms with Gasteiger partial charge in [-0.1, -0.05) is 13.8 Å². The summed E-state index contributed by atoms with van der Waals surface area (Å²) >= 11 is 0. The van der Waals surface area contributed by atoms with E-state index >= 15 is 0 Å². The zero-order chi connectivity index (χ0) is 42.7. The van der Waals surface area contributed by atoms with Crippen LogP contribution in [0.15, 0.2) is 0 Å². The Bertz CT molecular complexity index is 1450. The largest absolute Gasteiger partial charge is 0.481 e. The summed E-state index contributed by atoms with van der Waals surface area (Å²) in [6.45, 7) is 5.30. The van der Waals surface area contributed by atoms with Crippen LogP contribution in [-0.4, -0.2) is 139 Å². The smallest absolute Gasteiger partial charge is 0.326 e. The van der Waals surface area contributed by atoms with Gasteiger partial charge in [-0.15, -0.1) is 0 Å². The summed E-state index contributed by atoms with van der Waals surface area (Å²) in [5.74, 6) is -14.2. The van der Waals surface area contributed by atoms with Gasteiger partial charge in [0.2, 0.25) is 41.4 Å². The highest BCUT2D eigenvalue weighted by molar-refractivity contribution is 5.98. The van der Waals surface area contributed by atoms with Gasteiger partial charge in [0.15, 0.2) is 0 Å². The van der Waals surface area contributed by atoms with Gasteiger partial charge >= 0.3 is 23.9 Å². The molecule has 55 heavy (non-hydrogen) atoms. The van der Waals surface area contributed by atoms with Crippen molar-refractivity contribution in [3.05, 3.63) is 0 Å². The van der Waals surface area contributed by atoms with E-state index in [2.05, 4.69) is 26.6 Å². The summed E-state index contributed by atoms with van der Waals surface area (Å²) in [4.78, 5) is 135. The lowest BCUT2D eigenvalue weighted by atomic mass is 10.0. The minimum atomic E-state index is -1.90. The molecule has 310 valence electrons. The number of carbonyl (C=O) groups excluding carboxylic acids is 7. The summed E-state index contributed by atoms with van der Waals surface area (Å²) in [5, 5.41) is 59.9. The number of nitrogens with one attached hydrogen (secondary N) is 6. The number of carbonyl (C=O) groups is 11. The number of aliphatic carboxylic acids is 4. The number of aliphatic hydroxyl groups is 1. The number of carboxylic acids is 4. The third-order valence-corrected chi connectivity index (χ3v) is 7.66. The summed E-state index contributed by atoms with van der Waals surface area (Å²) in [6, 6.07) is -11.5. The Hall–Kier alpha value is -5.91. The summed E-state index contributed by atoms with van der Waals surface area (Å²) in [7, 11) is 0. The molecule has 24 nitrogen and oxygen atoms in total. The van der Waals surface area contributed by atoms with E-state index in [4.69, 9.17) is 16.6 Å². The maximum Gasteiger partial charge on any atom is 0.326 e. The van der Waals surface area contributed by atoms with Crippen LogP contribution in [0.3, 0.4) is 0 Å². The molecule has 24 heteroatoms. The van der Waals surface area contributed by atoms with Crippen LogP contribution in [0, 0.1) is 5.92 Å². The van der Waals surface area contributed by atoms with Crippen molar-refractivity contribution in [2.45, 2.75) is 121 Å². The van der Waals surface area contributed by atoms with Crippen LogP contribution in [0.4, 0.5) is 0 Å². The molecule has 0 bridgehead atoms. The molecule has 0 aliphatic carbocycles. The molecule has 8 atom stereocenters. The third-order valence-electron chi connectivity index (χ3n) is 7.66. The molecule has 0 aromatic rings. The first kappa shape index (κ1) is 49.1. The fraction of sp³-hybridized carbons (Fsp3) is 0.645. The molecule has 0 aromatic heterocycles. The predicted octanol–water partition coefficient (Wildman–Crippen LogP) is -5.17. The van der Waals surface area contributed by atoms with Crippen LogP contribution in [-0.2, 0) is 52.7 Å². The Morgan fingerprint density at radius 2 is 0.945 bits per heavy atom. The highest BCUT2D eigenvalue weighted by Crippen LogP contribution is 2.07. The summed E-state index contributed by atoms with van der Waals surface area (Å²) in [6.07, 6.45) is -6.18. The molecular weight excluding hydrogens is 740 g/mol. The molecule has 15 N–H and O–H groups in total. The number of aliphatic hydroxyl groups excluding tert-OH is 1. The van der Waals surface area contributed by atoms with Crippen molar-refractivity contribution in [2.75, 3.05) is 0 Å². The Morgan fingerprint density at radius 1 is 0.509 bits per heavy atom. The zero-order valence-corrected chi connectivity index (χ0v) is 30.5. The fourth-order valence-corrected chi connectivity index (χ4v) is 4.53. The van der Waals surface area contributed by atoms with Crippen LogP contribution in [0.1, 0.15) is 72.6 Å². The number of nitrogens with two attached hydrogens (primary N) is 2. The quantitative estimate of drug-likeness (QED) is 0.0389. The Labute approximate surface area is 313 Å². The Morgan fingerprint density at radius 3 is 1.38 bits per heavy atom. The van der Waals surface area contributed by atoms with Gasteiger partial charge in [-0.3, -0.25) is 47.9 Å². The van der Waals surface area contributed by atoms with E-state index in [9.17, 15) is 73.2 Å². The average Bonchev–Trinajstić information content (AvgIpc) is 3.06. The van der Waals surface area contributed by atoms with Crippen molar-refractivity contribution in [3.63, 3.8) is 0 Å². The molecule has 0 spiro atoms. The average molecular weight is 791 g/mol.